The van der Waals surface area contributed by atoms with Gasteiger partial charge >= 0.3 is 0 Å². The molecule has 7 aromatic carbocycles. The van der Waals surface area contributed by atoms with Crippen molar-refractivity contribution in [1.29, 1.82) is 0 Å². The fraction of sp³-hybridized carbons (Fsp3) is 0.0227. The monoisotopic (exact) mass is 628 g/mol. The molecule has 1 unspecified atom stereocenters. The number of pyridine rings is 1. The number of nitrogens with one attached hydrogen (secondary N) is 1. The third kappa shape index (κ3) is 4.67. The summed E-state index contributed by atoms with van der Waals surface area (Å²) in [7, 11) is 0. The minimum atomic E-state index is -0.294. The Morgan fingerprint density at radius 1 is 0.531 bits per heavy atom. The van der Waals surface area contributed by atoms with Gasteiger partial charge in [-0.15, -0.1) is 0 Å². The van der Waals surface area contributed by atoms with Gasteiger partial charge in [0, 0.05) is 16.5 Å². The zero-order chi connectivity index (χ0) is 32.3. The lowest BCUT2D eigenvalue weighted by atomic mass is 9.95. The van der Waals surface area contributed by atoms with Gasteiger partial charge < -0.3 is 9.73 Å². The van der Waals surface area contributed by atoms with Crippen LogP contribution >= 0.6 is 0 Å². The molecule has 5 nitrogen and oxygen atoms in total. The van der Waals surface area contributed by atoms with Gasteiger partial charge in [-0.25, -0.2) is 15.0 Å². The van der Waals surface area contributed by atoms with E-state index in [0.717, 1.165) is 77.4 Å². The summed E-state index contributed by atoms with van der Waals surface area (Å²) in [5.41, 5.74) is 8.75. The zero-order valence-corrected chi connectivity index (χ0v) is 26.3. The lowest BCUT2D eigenvalue weighted by Crippen LogP contribution is -2.33. The van der Waals surface area contributed by atoms with Gasteiger partial charge in [0.2, 0.25) is 0 Å². The summed E-state index contributed by atoms with van der Waals surface area (Å²) >= 11 is 0. The summed E-state index contributed by atoms with van der Waals surface area (Å²) in [6, 6.07) is 54.7. The number of nitrogens with zero attached hydrogens (tertiary/aromatic N) is 3. The average Bonchev–Trinajstić information content (AvgIpc) is 3.54. The van der Waals surface area contributed by atoms with Gasteiger partial charge in [-0.1, -0.05) is 127 Å². The molecule has 0 amide bonds. The Bertz CT molecular complexity index is 2810. The van der Waals surface area contributed by atoms with E-state index >= 15 is 0 Å². The smallest absolute Gasteiger partial charge is 0.159 e. The van der Waals surface area contributed by atoms with Crippen molar-refractivity contribution in [3.8, 4) is 11.1 Å². The summed E-state index contributed by atoms with van der Waals surface area (Å²) in [6.07, 6.45) is -0.294. The second-order valence-electron chi connectivity index (χ2n) is 12.5. The highest BCUT2D eigenvalue weighted by Crippen LogP contribution is 2.38. The highest BCUT2D eigenvalue weighted by Gasteiger charge is 2.23. The van der Waals surface area contributed by atoms with Crippen LogP contribution in [0.1, 0.15) is 22.9 Å². The van der Waals surface area contributed by atoms with Crippen LogP contribution < -0.4 is 5.32 Å². The second kappa shape index (κ2) is 11.0. The third-order valence-electron chi connectivity index (χ3n) is 9.48. The standard InChI is InChI=1S/C44H28N4O/c1-2-11-28(12-3-1)42-46-43(33-21-20-27-10-4-5-13-29(27)24-33)48-44(47-42)36-17-8-15-30-25-31(22-23-34(30)36)35-16-9-19-38-40(35)41-39(49-38)26-32-14-6-7-18-37(32)45-41/h1-26,43H,(H,46,47,48). The van der Waals surface area contributed by atoms with E-state index in [4.69, 9.17) is 19.4 Å². The number of aromatic nitrogens is 1. The molecule has 0 saturated heterocycles. The minimum absolute atomic E-state index is 0.294. The van der Waals surface area contributed by atoms with Crippen LogP contribution in [-0.4, -0.2) is 16.7 Å². The number of rotatable bonds is 4. The molecule has 1 aliphatic heterocycles. The maximum Gasteiger partial charge on any atom is 0.159 e. The minimum Gasteiger partial charge on any atom is -0.454 e. The van der Waals surface area contributed by atoms with Gasteiger partial charge in [-0.05, 0) is 68.6 Å². The maximum atomic E-state index is 6.33. The van der Waals surface area contributed by atoms with E-state index in [1.807, 2.05) is 42.5 Å². The number of fused-ring (bicyclic) bond motifs is 6. The fourth-order valence-corrected chi connectivity index (χ4v) is 7.08. The van der Waals surface area contributed by atoms with Gasteiger partial charge in [0.25, 0.3) is 0 Å². The molecule has 9 aromatic rings. The normalized spacial score (nSPS) is 14.7. The van der Waals surface area contributed by atoms with Crippen molar-refractivity contribution in [3.63, 3.8) is 0 Å². The molecule has 0 radical (unpaired) electrons. The Morgan fingerprint density at radius 3 is 2.22 bits per heavy atom. The molecule has 0 aliphatic carbocycles. The van der Waals surface area contributed by atoms with E-state index in [1.54, 1.807) is 0 Å². The zero-order valence-electron chi connectivity index (χ0n) is 26.3. The van der Waals surface area contributed by atoms with Gasteiger partial charge in [0.05, 0.1) is 10.9 Å². The molecule has 0 saturated carbocycles. The van der Waals surface area contributed by atoms with Crippen LogP contribution in [0.25, 0.3) is 65.6 Å². The number of amidine groups is 2. The molecule has 10 rings (SSSR count). The Kier molecular flexibility index (Phi) is 6.18. The predicted molar refractivity (Wildman–Crippen MR) is 201 cm³/mol. The van der Waals surface area contributed by atoms with Crippen molar-refractivity contribution in [2.24, 2.45) is 9.98 Å². The first-order valence-electron chi connectivity index (χ1n) is 16.5. The Morgan fingerprint density at radius 2 is 1.31 bits per heavy atom. The topological polar surface area (TPSA) is 62.8 Å². The average molecular weight is 629 g/mol. The Balaban J connectivity index is 1.10. The lowest BCUT2D eigenvalue weighted by molar-refractivity contribution is 0.669. The molecule has 2 aromatic heterocycles. The van der Waals surface area contributed by atoms with Crippen LogP contribution in [0.5, 0.6) is 0 Å². The van der Waals surface area contributed by atoms with Crippen molar-refractivity contribution >= 4 is 66.2 Å². The van der Waals surface area contributed by atoms with Crippen molar-refractivity contribution in [3.05, 3.63) is 174 Å². The van der Waals surface area contributed by atoms with E-state index in [1.165, 1.54) is 10.8 Å². The molecule has 5 heteroatoms. The fourth-order valence-electron chi connectivity index (χ4n) is 7.08. The molecular formula is C44H28N4O. The van der Waals surface area contributed by atoms with Gasteiger partial charge in [0.1, 0.15) is 23.1 Å². The van der Waals surface area contributed by atoms with E-state index in [9.17, 15) is 0 Å². The van der Waals surface area contributed by atoms with Gasteiger partial charge in [-0.2, -0.15) is 0 Å². The van der Waals surface area contributed by atoms with Crippen LogP contribution in [0.4, 0.5) is 0 Å². The summed E-state index contributed by atoms with van der Waals surface area (Å²) in [5.74, 6) is 1.50. The van der Waals surface area contributed by atoms with E-state index < -0.39 is 0 Å². The Labute approximate surface area is 281 Å². The molecule has 3 heterocycles. The summed E-state index contributed by atoms with van der Waals surface area (Å²) in [4.78, 5) is 15.3. The van der Waals surface area contributed by atoms with Crippen molar-refractivity contribution < 1.29 is 4.42 Å². The van der Waals surface area contributed by atoms with Crippen molar-refractivity contribution in [2.75, 3.05) is 0 Å². The van der Waals surface area contributed by atoms with Crippen molar-refractivity contribution in [2.45, 2.75) is 6.17 Å². The Hall–Kier alpha value is -6.59. The first kappa shape index (κ1) is 27.5. The summed E-state index contributed by atoms with van der Waals surface area (Å²) < 4.78 is 6.33. The van der Waals surface area contributed by atoms with E-state index in [-0.39, 0.29) is 6.17 Å². The van der Waals surface area contributed by atoms with E-state index in [0.29, 0.717) is 5.84 Å². The predicted octanol–water partition coefficient (Wildman–Crippen LogP) is 10.6. The molecule has 0 bridgehead atoms. The van der Waals surface area contributed by atoms with Crippen molar-refractivity contribution in [1.82, 2.24) is 10.3 Å². The lowest BCUT2D eigenvalue weighted by Gasteiger charge is -2.24. The molecule has 49 heavy (non-hydrogen) atoms. The van der Waals surface area contributed by atoms with Crippen LogP contribution in [0.15, 0.2) is 172 Å². The van der Waals surface area contributed by atoms with Crippen LogP contribution in [-0.2, 0) is 0 Å². The molecule has 1 aliphatic rings. The number of aliphatic imine (C=N–C) groups is 2. The number of hydrogen-bond donors (Lipinski definition) is 1. The maximum absolute atomic E-state index is 6.33. The third-order valence-corrected chi connectivity index (χ3v) is 9.48. The highest BCUT2D eigenvalue weighted by molar-refractivity contribution is 6.18. The first-order valence-corrected chi connectivity index (χ1v) is 16.5. The SMILES string of the molecule is c1ccc(C2=NC(c3ccc4ccccc4c3)NC(c3cccc4cc(-c5cccc6oc7cc8ccccc8nc7c56)ccc34)=N2)cc1. The molecule has 230 valence electrons. The number of benzene rings is 7. The largest absolute Gasteiger partial charge is 0.454 e. The quantitative estimate of drug-likeness (QED) is 0.211. The summed E-state index contributed by atoms with van der Waals surface area (Å²) in [6.45, 7) is 0. The van der Waals surface area contributed by atoms with Gasteiger partial charge in [0.15, 0.2) is 11.4 Å². The molecule has 0 fully saturated rings. The van der Waals surface area contributed by atoms with Gasteiger partial charge in [-0.3, -0.25) is 0 Å². The number of hydrogen-bond acceptors (Lipinski definition) is 5. The van der Waals surface area contributed by atoms with Crippen LogP contribution in [0.2, 0.25) is 0 Å². The molecular weight excluding hydrogens is 601 g/mol. The first-order chi connectivity index (χ1) is 24.2. The molecule has 1 atom stereocenters. The number of furan rings is 1. The van der Waals surface area contributed by atoms with E-state index in [2.05, 4.69) is 121 Å². The molecule has 0 spiro atoms. The summed E-state index contributed by atoms with van der Waals surface area (Å²) in [5, 5.41) is 10.4. The van der Waals surface area contributed by atoms with Crippen LogP contribution in [0, 0.1) is 0 Å². The number of para-hydroxylation sites is 1. The van der Waals surface area contributed by atoms with Crippen LogP contribution in [0.3, 0.4) is 0 Å². The molecule has 1 N–H and O–H groups in total. The second-order valence-corrected chi connectivity index (χ2v) is 12.5. The highest BCUT2D eigenvalue weighted by atomic mass is 16.3.